The summed E-state index contributed by atoms with van der Waals surface area (Å²) in [6, 6.07) is 9.62. The molecule has 1 amide bonds. The van der Waals surface area contributed by atoms with Crippen LogP contribution in [0.4, 0.5) is 8.78 Å². The lowest BCUT2D eigenvalue weighted by Gasteiger charge is -2.40. The van der Waals surface area contributed by atoms with Crippen molar-refractivity contribution in [1.82, 2.24) is 4.90 Å². The lowest BCUT2D eigenvalue weighted by atomic mass is 9.93. The van der Waals surface area contributed by atoms with E-state index in [0.717, 1.165) is 12.0 Å². The maximum absolute atomic E-state index is 12.4. The summed E-state index contributed by atoms with van der Waals surface area (Å²) in [4.78, 5) is 14.0. The lowest BCUT2D eigenvalue weighted by Crippen LogP contribution is -2.56. The number of hydrogen-bond acceptors (Lipinski definition) is 2. The first-order chi connectivity index (χ1) is 9.61. The molecule has 0 aromatic heterocycles. The van der Waals surface area contributed by atoms with Gasteiger partial charge < -0.3 is 9.64 Å². The van der Waals surface area contributed by atoms with Crippen molar-refractivity contribution in [1.29, 1.82) is 0 Å². The normalized spacial score (nSPS) is 17.1. The predicted octanol–water partition coefficient (Wildman–Crippen LogP) is 2.67. The smallest absolute Gasteiger partial charge is 0.261 e. The van der Waals surface area contributed by atoms with E-state index < -0.39 is 13.0 Å². The summed E-state index contributed by atoms with van der Waals surface area (Å²) in [7, 11) is 0. The SMILES string of the molecule is CCC(C(=O)N1CC(OCC(F)F)C1)c1ccccc1. The Hall–Kier alpha value is -1.49. The summed E-state index contributed by atoms with van der Waals surface area (Å²) in [5.41, 5.74) is 0.997. The van der Waals surface area contributed by atoms with Crippen LogP contribution >= 0.6 is 0 Å². The second-order valence-corrected chi connectivity index (χ2v) is 4.96. The Morgan fingerprint density at radius 2 is 2.00 bits per heavy atom. The molecule has 0 bridgehead atoms. The monoisotopic (exact) mass is 283 g/mol. The van der Waals surface area contributed by atoms with Crippen LogP contribution in [-0.4, -0.2) is 43.0 Å². The number of amides is 1. The molecule has 1 heterocycles. The van der Waals surface area contributed by atoms with Crippen molar-refractivity contribution in [3.8, 4) is 0 Å². The molecule has 2 rings (SSSR count). The van der Waals surface area contributed by atoms with Crippen LogP contribution in [0.3, 0.4) is 0 Å². The van der Waals surface area contributed by atoms with E-state index in [2.05, 4.69) is 0 Å². The highest BCUT2D eigenvalue weighted by molar-refractivity contribution is 5.84. The van der Waals surface area contributed by atoms with Crippen LogP contribution in [0.25, 0.3) is 0 Å². The van der Waals surface area contributed by atoms with Gasteiger partial charge >= 0.3 is 0 Å². The maximum Gasteiger partial charge on any atom is 0.261 e. The number of alkyl halides is 2. The largest absolute Gasteiger partial charge is 0.369 e. The quantitative estimate of drug-likeness (QED) is 0.803. The Bertz CT molecular complexity index is 433. The van der Waals surface area contributed by atoms with E-state index in [0.29, 0.717) is 13.1 Å². The fourth-order valence-corrected chi connectivity index (χ4v) is 2.39. The summed E-state index contributed by atoms with van der Waals surface area (Å²) in [6.07, 6.45) is -1.98. The molecule has 0 saturated carbocycles. The van der Waals surface area contributed by atoms with Crippen LogP contribution in [-0.2, 0) is 9.53 Å². The van der Waals surface area contributed by atoms with Gasteiger partial charge in [-0.05, 0) is 12.0 Å². The Morgan fingerprint density at radius 3 is 2.55 bits per heavy atom. The lowest BCUT2D eigenvalue weighted by molar-refractivity contribution is -0.149. The standard InChI is InChI=1S/C15H19F2NO2/c1-2-13(11-6-4-3-5-7-11)15(19)18-8-12(9-18)20-10-14(16)17/h3-7,12-14H,2,8-10H2,1H3. The van der Waals surface area contributed by atoms with Crippen LogP contribution < -0.4 is 0 Å². The van der Waals surface area contributed by atoms with Gasteiger partial charge in [-0.15, -0.1) is 0 Å². The second-order valence-electron chi connectivity index (χ2n) is 4.96. The first-order valence-corrected chi connectivity index (χ1v) is 6.85. The van der Waals surface area contributed by atoms with Crippen LogP contribution in [0, 0.1) is 0 Å². The highest BCUT2D eigenvalue weighted by atomic mass is 19.3. The maximum atomic E-state index is 12.4. The molecule has 1 fully saturated rings. The molecular weight excluding hydrogens is 264 g/mol. The molecule has 110 valence electrons. The zero-order valence-corrected chi connectivity index (χ0v) is 11.5. The van der Waals surface area contributed by atoms with Crippen molar-refractivity contribution in [2.24, 2.45) is 0 Å². The average molecular weight is 283 g/mol. The minimum absolute atomic E-state index is 0.0515. The van der Waals surface area contributed by atoms with Gasteiger partial charge in [-0.25, -0.2) is 8.78 Å². The molecule has 0 aliphatic carbocycles. The van der Waals surface area contributed by atoms with Crippen LogP contribution in [0.5, 0.6) is 0 Å². The van der Waals surface area contributed by atoms with Crippen molar-refractivity contribution in [3.05, 3.63) is 35.9 Å². The van der Waals surface area contributed by atoms with E-state index in [-0.39, 0.29) is 17.9 Å². The fourth-order valence-electron chi connectivity index (χ4n) is 2.39. The van der Waals surface area contributed by atoms with E-state index in [9.17, 15) is 13.6 Å². The van der Waals surface area contributed by atoms with E-state index in [1.54, 1.807) is 4.90 Å². The van der Waals surface area contributed by atoms with Gasteiger partial charge in [0, 0.05) is 13.1 Å². The zero-order chi connectivity index (χ0) is 14.5. The van der Waals surface area contributed by atoms with Gasteiger partial charge in [-0.3, -0.25) is 4.79 Å². The molecule has 0 spiro atoms. The van der Waals surface area contributed by atoms with Crippen molar-refractivity contribution >= 4 is 5.91 Å². The van der Waals surface area contributed by atoms with E-state index >= 15 is 0 Å². The van der Waals surface area contributed by atoms with Gasteiger partial charge in [0.1, 0.15) is 6.61 Å². The number of likely N-dealkylation sites (tertiary alicyclic amines) is 1. The van der Waals surface area contributed by atoms with Gasteiger partial charge in [0.05, 0.1) is 12.0 Å². The summed E-state index contributed by atoms with van der Waals surface area (Å²) in [5.74, 6) is -0.108. The number of nitrogens with zero attached hydrogens (tertiary/aromatic N) is 1. The molecular formula is C15H19F2NO2. The third-order valence-electron chi connectivity index (χ3n) is 3.53. The van der Waals surface area contributed by atoms with Gasteiger partial charge in [-0.2, -0.15) is 0 Å². The molecule has 1 atom stereocenters. The van der Waals surface area contributed by atoms with Gasteiger partial charge in [0.2, 0.25) is 5.91 Å². The van der Waals surface area contributed by atoms with E-state index in [1.807, 2.05) is 37.3 Å². The highest BCUT2D eigenvalue weighted by Crippen LogP contribution is 2.25. The summed E-state index contributed by atoms with van der Waals surface area (Å²) in [6.45, 7) is 2.24. The number of halogens is 2. The third kappa shape index (κ3) is 3.54. The Morgan fingerprint density at radius 1 is 1.35 bits per heavy atom. The highest BCUT2D eigenvalue weighted by Gasteiger charge is 2.35. The average Bonchev–Trinajstić information content (AvgIpc) is 2.38. The minimum atomic E-state index is -2.45. The van der Waals surface area contributed by atoms with Crippen molar-refractivity contribution < 1.29 is 18.3 Å². The molecule has 0 N–H and O–H groups in total. The third-order valence-corrected chi connectivity index (χ3v) is 3.53. The Labute approximate surface area is 117 Å². The molecule has 0 radical (unpaired) electrons. The number of ether oxygens (including phenoxy) is 1. The van der Waals surface area contributed by atoms with E-state index in [4.69, 9.17) is 4.74 Å². The van der Waals surface area contributed by atoms with Crippen molar-refractivity contribution in [2.75, 3.05) is 19.7 Å². The number of carbonyl (C=O) groups excluding carboxylic acids is 1. The molecule has 1 aromatic carbocycles. The van der Waals surface area contributed by atoms with Crippen LogP contribution in [0.1, 0.15) is 24.8 Å². The number of carbonyl (C=O) groups is 1. The molecule has 20 heavy (non-hydrogen) atoms. The summed E-state index contributed by atoms with van der Waals surface area (Å²) >= 11 is 0. The molecule has 1 aromatic rings. The second kappa shape index (κ2) is 6.79. The summed E-state index contributed by atoms with van der Waals surface area (Å²) < 4.78 is 29.0. The van der Waals surface area contributed by atoms with Gasteiger partial charge in [-0.1, -0.05) is 37.3 Å². The topological polar surface area (TPSA) is 29.5 Å². The number of benzene rings is 1. The Kier molecular flexibility index (Phi) is 5.06. The Balaban J connectivity index is 1.86. The fraction of sp³-hybridized carbons (Fsp3) is 0.533. The predicted molar refractivity (Wildman–Crippen MR) is 71.8 cm³/mol. The first-order valence-electron chi connectivity index (χ1n) is 6.85. The zero-order valence-electron chi connectivity index (χ0n) is 11.5. The minimum Gasteiger partial charge on any atom is -0.369 e. The van der Waals surface area contributed by atoms with Crippen LogP contribution in [0.2, 0.25) is 0 Å². The molecule has 1 saturated heterocycles. The van der Waals surface area contributed by atoms with Crippen molar-refractivity contribution in [2.45, 2.75) is 31.8 Å². The number of hydrogen-bond donors (Lipinski definition) is 0. The van der Waals surface area contributed by atoms with Crippen molar-refractivity contribution in [3.63, 3.8) is 0 Å². The molecule has 1 aliphatic heterocycles. The van der Waals surface area contributed by atoms with E-state index in [1.165, 1.54) is 0 Å². The molecule has 5 heteroatoms. The number of rotatable bonds is 6. The molecule has 1 unspecified atom stereocenters. The molecule has 3 nitrogen and oxygen atoms in total. The van der Waals surface area contributed by atoms with Crippen LogP contribution in [0.15, 0.2) is 30.3 Å². The van der Waals surface area contributed by atoms with Gasteiger partial charge in [0.15, 0.2) is 0 Å². The molecule has 1 aliphatic rings. The summed E-state index contributed by atoms with van der Waals surface area (Å²) in [5, 5.41) is 0. The van der Waals surface area contributed by atoms with Gasteiger partial charge in [0.25, 0.3) is 6.43 Å². The first kappa shape index (κ1) is 14.9.